The Hall–Kier alpha value is -0.0600. The molecule has 0 bridgehead atoms. The second kappa shape index (κ2) is 8.09. The molecule has 0 aliphatic heterocycles. The van der Waals surface area contributed by atoms with Gasteiger partial charge in [0.2, 0.25) is 0 Å². The number of nitrogens with one attached hydrogen (secondary N) is 1. The van der Waals surface area contributed by atoms with Crippen molar-refractivity contribution in [3.8, 4) is 0 Å². The van der Waals surface area contributed by atoms with E-state index < -0.39 is 0 Å². The first kappa shape index (κ1) is 14.0. The van der Waals surface area contributed by atoms with Crippen LogP contribution in [0.25, 0.3) is 0 Å². The summed E-state index contributed by atoms with van der Waals surface area (Å²) in [5, 5.41) is 3.33. The molecule has 0 radical (unpaired) electrons. The monoisotopic (exact) mass is 349 g/mol. The standard InChI is InChI=1S/C12H17Br2NO/c1-2-3-7-16-8-6-15-12-9-10(13)4-5-11(12)14/h4-5,9,15H,2-3,6-8H2,1H3. The van der Waals surface area contributed by atoms with Crippen LogP contribution in [0.4, 0.5) is 5.69 Å². The molecule has 0 aliphatic rings. The van der Waals surface area contributed by atoms with Gasteiger partial charge in [0.05, 0.1) is 6.61 Å². The molecule has 0 unspecified atom stereocenters. The fourth-order valence-electron chi connectivity index (χ4n) is 1.24. The van der Waals surface area contributed by atoms with Gasteiger partial charge in [-0.15, -0.1) is 0 Å². The third-order valence-electron chi connectivity index (χ3n) is 2.13. The van der Waals surface area contributed by atoms with E-state index in [4.69, 9.17) is 4.74 Å². The van der Waals surface area contributed by atoms with Crippen molar-refractivity contribution >= 4 is 37.5 Å². The summed E-state index contributed by atoms with van der Waals surface area (Å²) in [7, 11) is 0. The smallest absolute Gasteiger partial charge is 0.0639 e. The van der Waals surface area contributed by atoms with Gasteiger partial charge >= 0.3 is 0 Å². The highest BCUT2D eigenvalue weighted by atomic mass is 79.9. The zero-order valence-corrected chi connectivity index (χ0v) is 12.6. The minimum absolute atomic E-state index is 0.749. The molecule has 0 aromatic heterocycles. The molecule has 90 valence electrons. The van der Waals surface area contributed by atoms with Gasteiger partial charge in [-0.05, 0) is 40.5 Å². The molecule has 16 heavy (non-hydrogen) atoms. The zero-order chi connectivity index (χ0) is 11.8. The highest BCUT2D eigenvalue weighted by Gasteiger charge is 1.99. The molecule has 0 saturated heterocycles. The van der Waals surface area contributed by atoms with E-state index in [-0.39, 0.29) is 0 Å². The fourth-order valence-corrected chi connectivity index (χ4v) is 1.99. The topological polar surface area (TPSA) is 21.3 Å². The number of hydrogen-bond donors (Lipinski definition) is 1. The van der Waals surface area contributed by atoms with Crippen molar-refractivity contribution in [3.63, 3.8) is 0 Å². The average Bonchev–Trinajstić information content (AvgIpc) is 2.28. The van der Waals surface area contributed by atoms with Gasteiger partial charge in [-0.2, -0.15) is 0 Å². The number of benzene rings is 1. The lowest BCUT2D eigenvalue weighted by molar-refractivity contribution is 0.141. The number of halogens is 2. The predicted molar refractivity (Wildman–Crippen MR) is 76.1 cm³/mol. The Morgan fingerprint density at radius 2 is 2.06 bits per heavy atom. The van der Waals surface area contributed by atoms with Crippen molar-refractivity contribution in [2.24, 2.45) is 0 Å². The van der Waals surface area contributed by atoms with Crippen LogP contribution in [-0.4, -0.2) is 19.8 Å². The summed E-state index contributed by atoms with van der Waals surface area (Å²) in [5.74, 6) is 0. The molecule has 1 aromatic rings. The molecule has 1 N–H and O–H groups in total. The van der Waals surface area contributed by atoms with E-state index in [0.717, 1.165) is 40.8 Å². The zero-order valence-electron chi connectivity index (χ0n) is 9.43. The maximum absolute atomic E-state index is 5.48. The maximum Gasteiger partial charge on any atom is 0.0639 e. The molecule has 0 amide bonds. The average molecular weight is 351 g/mol. The summed E-state index contributed by atoms with van der Waals surface area (Å²) in [6.45, 7) is 4.61. The molecule has 0 aliphatic carbocycles. The largest absolute Gasteiger partial charge is 0.382 e. The number of anilines is 1. The molecule has 1 aromatic carbocycles. The quantitative estimate of drug-likeness (QED) is 0.734. The van der Waals surface area contributed by atoms with Crippen molar-refractivity contribution in [1.29, 1.82) is 0 Å². The Labute approximate surface area is 114 Å². The van der Waals surface area contributed by atoms with E-state index >= 15 is 0 Å². The predicted octanol–water partition coefficient (Wildman–Crippen LogP) is 4.44. The lowest BCUT2D eigenvalue weighted by Gasteiger charge is -2.09. The number of rotatable bonds is 7. The van der Waals surface area contributed by atoms with Crippen molar-refractivity contribution in [2.45, 2.75) is 19.8 Å². The van der Waals surface area contributed by atoms with Crippen LogP contribution in [0.3, 0.4) is 0 Å². The van der Waals surface area contributed by atoms with Crippen LogP contribution in [-0.2, 0) is 4.74 Å². The highest BCUT2D eigenvalue weighted by molar-refractivity contribution is 9.11. The number of ether oxygens (including phenoxy) is 1. The molecular formula is C12H17Br2NO. The summed E-state index contributed by atoms with van der Waals surface area (Å²) < 4.78 is 7.62. The summed E-state index contributed by atoms with van der Waals surface area (Å²) in [4.78, 5) is 0. The van der Waals surface area contributed by atoms with Gasteiger partial charge < -0.3 is 10.1 Å². The summed E-state index contributed by atoms with van der Waals surface area (Å²) in [5.41, 5.74) is 1.09. The molecule has 0 heterocycles. The fraction of sp³-hybridized carbons (Fsp3) is 0.500. The molecular weight excluding hydrogens is 334 g/mol. The molecule has 0 saturated carbocycles. The molecule has 1 rings (SSSR count). The number of hydrogen-bond acceptors (Lipinski definition) is 2. The SMILES string of the molecule is CCCCOCCNc1cc(Br)ccc1Br. The van der Waals surface area contributed by atoms with Crippen LogP contribution < -0.4 is 5.32 Å². The molecule has 2 nitrogen and oxygen atoms in total. The van der Waals surface area contributed by atoms with Gasteiger partial charge in [-0.25, -0.2) is 0 Å². The van der Waals surface area contributed by atoms with Crippen LogP contribution in [0, 0.1) is 0 Å². The van der Waals surface area contributed by atoms with E-state index in [2.05, 4.69) is 50.2 Å². The Morgan fingerprint density at radius 1 is 1.25 bits per heavy atom. The molecule has 0 spiro atoms. The van der Waals surface area contributed by atoms with Gasteiger partial charge in [-0.1, -0.05) is 29.3 Å². The maximum atomic E-state index is 5.48. The Bertz CT molecular complexity index is 318. The van der Waals surface area contributed by atoms with Gasteiger partial charge in [0, 0.05) is 27.8 Å². The van der Waals surface area contributed by atoms with E-state index in [1.165, 1.54) is 6.42 Å². The Kier molecular flexibility index (Phi) is 7.08. The van der Waals surface area contributed by atoms with E-state index in [1.54, 1.807) is 0 Å². The van der Waals surface area contributed by atoms with Crippen LogP contribution in [0.5, 0.6) is 0 Å². The molecule has 0 atom stereocenters. The molecule has 0 fully saturated rings. The van der Waals surface area contributed by atoms with Gasteiger partial charge in [0.15, 0.2) is 0 Å². The second-order valence-electron chi connectivity index (χ2n) is 3.52. The van der Waals surface area contributed by atoms with Crippen LogP contribution in [0.15, 0.2) is 27.1 Å². The van der Waals surface area contributed by atoms with Crippen LogP contribution in [0.1, 0.15) is 19.8 Å². The van der Waals surface area contributed by atoms with Gasteiger partial charge in [-0.3, -0.25) is 0 Å². The van der Waals surface area contributed by atoms with E-state index in [1.807, 2.05) is 12.1 Å². The Balaban J connectivity index is 2.23. The van der Waals surface area contributed by atoms with Gasteiger partial charge in [0.1, 0.15) is 0 Å². The first-order valence-electron chi connectivity index (χ1n) is 5.50. The van der Waals surface area contributed by atoms with Crippen LogP contribution in [0.2, 0.25) is 0 Å². The van der Waals surface area contributed by atoms with Crippen LogP contribution >= 0.6 is 31.9 Å². The lowest BCUT2D eigenvalue weighted by Crippen LogP contribution is -2.10. The van der Waals surface area contributed by atoms with Crippen molar-refractivity contribution < 1.29 is 4.74 Å². The summed E-state index contributed by atoms with van der Waals surface area (Å²) in [6.07, 6.45) is 2.32. The normalized spacial score (nSPS) is 10.4. The third kappa shape index (κ3) is 5.32. The van der Waals surface area contributed by atoms with E-state index in [0.29, 0.717) is 0 Å². The minimum Gasteiger partial charge on any atom is -0.382 e. The summed E-state index contributed by atoms with van der Waals surface area (Å²) in [6, 6.07) is 6.08. The van der Waals surface area contributed by atoms with Gasteiger partial charge in [0.25, 0.3) is 0 Å². The summed E-state index contributed by atoms with van der Waals surface area (Å²) >= 11 is 6.95. The van der Waals surface area contributed by atoms with E-state index in [9.17, 15) is 0 Å². The second-order valence-corrected chi connectivity index (χ2v) is 5.29. The first-order chi connectivity index (χ1) is 7.74. The first-order valence-corrected chi connectivity index (χ1v) is 7.09. The van der Waals surface area contributed by atoms with Crippen molar-refractivity contribution in [1.82, 2.24) is 0 Å². The highest BCUT2D eigenvalue weighted by Crippen LogP contribution is 2.25. The number of unbranched alkanes of at least 4 members (excludes halogenated alkanes) is 1. The molecule has 4 heteroatoms. The minimum atomic E-state index is 0.749. The van der Waals surface area contributed by atoms with Crippen molar-refractivity contribution in [3.05, 3.63) is 27.1 Å². The Morgan fingerprint density at radius 3 is 2.81 bits per heavy atom. The third-order valence-corrected chi connectivity index (χ3v) is 3.32. The lowest BCUT2D eigenvalue weighted by atomic mass is 10.3. The van der Waals surface area contributed by atoms with Crippen molar-refractivity contribution in [2.75, 3.05) is 25.1 Å².